The lowest BCUT2D eigenvalue weighted by atomic mass is 9.80. The minimum Gasteiger partial charge on any atom is -0.415 e. The fraction of sp³-hybridized carbons (Fsp3) is 0.737. The van der Waals surface area contributed by atoms with Crippen molar-refractivity contribution in [3.8, 4) is 0 Å². The standard InChI is InChI=1S/C19H34BNO4Si/c1-17(2,3)26(8,9)23-14-13-21-12-10-11-15(16(21)22)20-24-18(4,5)19(6,7)25-20/h10-12H,13-14H2,1-9H3. The summed E-state index contributed by atoms with van der Waals surface area (Å²) in [6.07, 6.45) is 1.80. The Morgan fingerprint density at radius 3 is 2.19 bits per heavy atom. The molecule has 7 heteroatoms. The Balaban J connectivity index is 2.13. The van der Waals surface area contributed by atoms with E-state index in [2.05, 4.69) is 33.9 Å². The van der Waals surface area contributed by atoms with Gasteiger partial charge >= 0.3 is 7.12 Å². The molecule has 0 aromatic carbocycles. The lowest BCUT2D eigenvalue weighted by Gasteiger charge is -2.36. The van der Waals surface area contributed by atoms with Gasteiger partial charge in [0.05, 0.1) is 17.8 Å². The normalized spacial score (nSPS) is 19.8. The third-order valence-corrected chi connectivity index (χ3v) is 10.7. The third-order valence-electron chi connectivity index (χ3n) is 6.16. The number of hydrogen-bond acceptors (Lipinski definition) is 4. The summed E-state index contributed by atoms with van der Waals surface area (Å²) in [5.74, 6) is 0. The van der Waals surface area contributed by atoms with E-state index in [1.807, 2.05) is 33.8 Å². The number of rotatable bonds is 5. The average Bonchev–Trinajstić information content (AvgIpc) is 2.67. The van der Waals surface area contributed by atoms with Crippen LogP contribution < -0.4 is 11.0 Å². The van der Waals surface area contributed by atoms with Crippen LogP contribution in [-0.4, -0.2) is 37.8 Å². The summed E-state index contributed by atoms with van der Waals surface area (Å²) in [7, 11) is -2.46. The minimum atomic E-state index is -1.82. The van der Waals surface area contributed by atoms with Crippen molar-refractivity contribution in [3.05, 3.63) is 28.7 Å². The molecule has 0 N–H and O–H groups in total. The van der Waals surface area contributed by atoms with Gasteiger partial charge in [-0.05, 0) is 51.9 Å². The first-order chi connectivity index (χ1) is 11.7. The van der Waals surface area contributed by atoms with Crippen LogP contribution in [0.2, 0.25) is 18.1 Å². The molecule has 0 amide bonds. The van der Waals surface area contributed by atoms with Crippen LogP contribution in [0.1, 0.15) is 48.5 Å². The van der Waals surface area contributed by atoms with Gasteiger partial charge in [-0.2, -0.15) is 0 Å². The van der Waals surface area contributed by atoms with Crippen molar-refractivity contribution in [2.75, 3.05) is 6.61 Å². The van der Waals surface area contributed by atoms with E-state index in [9.17, 15) is 4.79 Å². The Morgan fingerprint density at radius 1 is 1.15 bits per heavy atom. The molecule has 0 spiro atoms. The summed E-state index contributed by atoms with van der Waals surface area (Å²) >= 11 is 0. The number of nitrogens with zero attached hydrogens (tertiary/aromatic N) is 1. The van der Waals surface area contributed by atoms with E-state index in [0.717, 1.165) is 0 Å². The second kappa shape index (κ2) is 6.93. The maximum atomic E-state index is 12.9. The SMILES string of the molecule is CC1(C)OB(c2cccn(CCO[Si](C)(C)C(C)(C)C)c2=O)OC1(C)C. The number of pyridine rings is 1. The summed E-state index contributed by atoms with van der Waals surface area (Å²) in [5, 5.41) is 0.155. The van der Waals surface area contributed by atoms with Gasteiger partial charge in [-0.15, -0.1) is 0 Å². The predicted molar refractivity (Wildman–Crippen MR) is 110 cm³/mol. The van der Waals surface area contributed by atoms with Crippen molar-refractivity contribution >= 4 is 20.9 Å². The third kappa shape index (κ3) is 4.16. The Hall–Kier alpha value is -0.888. The maximum absolute atomic E-state index is 12.9. The van der Waals surface area contributed by atoms with Crippen molar-refractivity contribution < 1.29 is 13.7 Å². The fourth-order valence-corrected chi connectivity index (χ4v) is 3.53. The largest absolute Gasteiger partial charge is 0.500 e. The van der Waals surface area contributed by atoms with E-state index in [4.69, 9.17) is 13.7 Å². The van der Waals surface area contributed by atoms with Crippen LogP contribution in [0.5, 0.6) is 0 Å². The Morgan fingerprint density at radius 2 is 1.69 bits per heavy atom. The molecule has 1 aromatic rings. The first kappa shape index (κ1) is 21.4. The Kier molecular flexibility index (Phi) is 5.71. The summed E-state index contributed by atoms with van der Waals surface area (Å²) in [6, 6.07) is 3.66. The molecule has 0 saturated carbocycles. The zero-order chi connectivity index (χ0) is 20.0. The van der Waals surface area contributed by atoms with Gasteiger partial charge in [0, 0.05) is 18.2 Å². The van der Waals surface area contributed by atoms with Crippen LogP contribution in [-0.2, 0) is 20.3 Å². The quantitative estimate of drug-likeness (QED) is 0.738. The molecule has 1 aromatic heterocycles. The van der Waals surface area contributed by atoms with Gasteiger partial charge < -0.3 is 18.3 Å². The zero-order valence-corrected chi connectivity index (χ0v) is 18.8. The van der Waals surface area contributed by atoms with Gasteiger partial charge in [0.1, 0.15) is 0 Å². The topological polar surface area (TPSA) is 49.7 Å². The second-order valence-corrected chi connectivity index (χ2v) is 14.5. The molecule has 5 nitrogen and oxygen atoms in total. The molecule has 0 aliphatic carbocycles. The smallest absolute Gasteiger partial charge is 0.415 e. The molecule has 146 valence electrons. The molecule has 2 heterocycles. The van der Waals surface area contributed by atoms with Crippen molar-refractivity contribution in [2.24, 2.45) is 0 Å². The van der Waals surface area contributed by atoms with E-state index in [0.29, 0.717) is 18.6 Å². The highest BCUT2D eigenvalue weighted by Gasteiger charge is 2.52. The van der Waals surface area contributed by atoms with Crippen LogP contribution in [0.15, 0.2) is 23.1 Å². The van der Waals surface area contributed by atoms with Crippen LogP contribution in [0.3, 0.4) is 0 Å². The summed E-state index contributed by atoms with van der Waals surface area (Å²) in [5.41, 5.74) is -0.463. The van der Waals surface area contributed by atoms with Crippen LogP contribution in [0, 0.1) is 0 Å². The van der Waals surface area contributed by atoms with Crippen LogP contribution in [0.25, 0.3) is 0 Å². The van der Waals surface area contributed by atoms with Gasteiger partial charge in [-0.25, -0.2) is 0 Å². The predicted octanol–water partition coefficient (Wildman–Crippen LogP) is 3.17. The molecule has 1 aliphatic rings. The van der Waals surface area contributed by atoms with Crippen molar-refractivity contribution in [1.82, 2.24) is 4.57 Å². The van der Waals surface area contributed by atoms with E-state index in [1.54, 1.807) is 16.8 Å². The van der Waals surface area contributed by atoms with E-state index >= 15 is 0 Å². The number of aromatic nitrogens is 1. The molecule has 2 rings (SSSR count). The van der Waals surface area contributed by atoms with Gasteiger partial charge in [0.25, 0.3) is 0 Å². The molecule has 0 radical (unpaired) electrons. The minimum absolute atomic E-state index is 0.0789. The highest BCUT2D eigenvalue weighted by atomic mass is 28.4. The van der Waals surface area contributed by atoms with Crippen molar-refractivity contribution in [1.29, 1.82) is 0 Å². The Labute approximate surface area is 159 Å². The summed E-state index contributed by atoms with van der Waals surface area (Å²) in [6.45, 7) is 20.1. The van der Waals surface area contributed by atoms with E-state index < -0.39 is 26.6 Å². The van der Waals surface area contributed by atoms with Gasteiger partial charge in [0.2, 0.25) is 5.56 Å². The summed E-state index contributed by atoms with van der Waals surface area (Å²) < 4.78 is 19.9. The zero-order valence-electron chi connectivity index (χ0n) is 17.8. The molecule has 1 fully saturated rings. The molecular formula is C19H34BNO4Si. The first-order valence-electron chi connectivity index (χ1n) is 9.37. The maximum Gasteiger partial charge on any atom is 0.500 e. The van der Waals surface area contributed by atoms with E-state index in [-0.39, 0.29) is 10.6 Å². The molecule has 1 saturated heterocycles. The monoisotopic (exact) mass is 379 g/mol. The average molecular weight is 379 g/mol. The lowest BCUT2D eigenvalue weighted by Crippen LogP contribution is -2.48. The molecule has 0 unspecified atom stereocenters. The van der Waals surface area contributed by atoms with Crippen LogP contribution in [0.4, 0.5) is 0 Å². The lowest BCUT2D eigenvalue weighted by molar-refractivity contribution is 0.00578. The second-order valence-electron chi connectivity index (χ2n) is 9.66. The highest BCUT2D eigenvalue weighted by molar-refractivity contribution is 6.74. The number of hydrogen-bond donors (Lipinski definition) is 0. The van der Waals surface area contributed by atoms with Crippen molar-refractivity contribution in [2.45, 2.75) is 84.3 Å². The molecule has 1 aliphatic heterocycles. The Bertz CT molecular complexity index is 690. The molecular weight excluding hydrogens is 345 g/mol. The van der Waals surface area contributed by atoms with Gasteiger partial charge in [-0.1, -0.05) is 26.8 Å². The molecule has 26 heavy (non-hydrogen) atoms. The van der Waals surface area contributed by atoms with E-state index in [1.165, 1.54) is 0 Å². The molecule has 0 atom stereocenters. The molecule has 0 bridgehead atoms. The summed E-state index contributed by atoms with van der Waals surface area (Å²) in [4.78, 5) is 12.9. The highest BCUT2D eigenvalue weighted by Crippen LogP contribution is 2.37. The van der Waals surface area contributed by atoms with Gasteiger partial charge in [0.15, 0.2) is 8.32 Å². The fourth-order valence-electron chi connectivity index (χ4n) is 2.50. The first-order valence-corrected chi connectivity index (χ1v) is 12.3. The van der Waals surface area contributed by atoms with Crippen LogP contribution >= 0.6 is 0 Å². The van der Waals surface area contributed by atoms with Gasteiger partial charge in [-0.3, -0.25) is 4.79 Å². The van der Waals surface area contributed by atoms with Crippen molar-refractivity contribution in [3.63, 3.8) is 0 Å².